The third kappa shape index (κ3) is 6.68. The standard InChI is InChI=1S/C22H26F2N5O10P/c1-12(18(31)32)27-40(35)39-14-7-5-4-6-13(14)36-11-15-22(34,38-17(30)10-28(2)3)21(23,24)19(37-15)29-9-8-16(25)26-20(29)33/h4-9,12,15,19,34H,10-11H2,1-3H3,(H,31,32)(H2,25,26,33)/t12?,15-,19-,22+/m1/s1. The molecule has 0 amide bonds. The second kappa shape index (κ2) is 12.2. The van der Waals surface area contributed by atoms with Gasteiger partial charge in [0, 0.05) is 6.20 Å². The van der Waals surface area contributed by atoms with Gasteiger partial charge in [-0.1, -0.05) is 16.9 Å². The summed E-state index contributed by atoms with van der Waals surface area (Å²) < 4.78 is 56.0. The maximum atomic E-state index is 15.7. The molecule has 1 saturated heterocycles. The molecule has 218 valence electrons. The molecular weight excluding hydrogens is 563 g/mol. The van der Waals surface area contributed by atoms with Crippen molar-refractivity contribution < 1.29 is 52.2 Å². The number of anilines is 1. The summed E-state index contributed by atoms with van der Waals surface area (Å²) in [6.45, 7) is -0.202. The number of carboxylic acids is 1. The quantitative estimate of drug-likeness (QED) is 0.178. The average Bonchev–Trinajstić information content (AvgIpc) is 3.02. The van der Waals surface area contributed by atoms with E-state index in [1.165, 1.54) is 50.2 Å². The highest BCUT2D eigenvalue weighted by Gasteiger charge is 2.73. The summed E-state index contributed by atoms with van der Waals surface area (Å²) in [6, 6.07) is 5.16. The monoisotopic (exact) mass is 589 g/mol. The zero-order valence-corrected chi connectivity index (χ0v) is 22.2. The molecule has 15 nitrogen and oxygen atoms in total. The summed E-state index contributed by atoms with van der Waals surface area (Å²) in [5, 5.41) is 20.0. The lowest BCUT2D eigenvalue weighted by Gasteiger charge is -2.32. The summed E-state index contributed by atoms with van der Waals surface area (Å²) in [7, 11) is 0.0421. The molecule has 2 unspecified atom stereocenters. The zero-order chi connectivity index (χ0) is 29.8. The molecule has 18 heteroatoms. The molecule has 0 spiro atoms. The molecule has 2 heterocycles. The van der Waals surface area contributed by atoms with Gasteiger partial charge in [0.2, 0.25) is 12.0 Å². The van der Waals surface area contributed by atoms with Gasteiger partial charge in [-0.15, -0.1) is 0 Å². The van der Waals surface area contributed by atoms with E-state index in [2.05, 4.69) is 9.73 Å². The molecule has 3 rings (SSSR count). The fourth-order valence-electron chi connectivity index (χ4n) is 3.43. The smallest absolute Gasteiger partial charge is 0.395 e. The number of aliphatic hydroxyl groups is 1. The number of carbonyl (C=O) groups excluding carboxylic acids is 1. The Kier molecular flexibility index (Phi) is 9.37. The van der Waals surface area contributed by atoms with Gasteiger partial charge in [-0.2, -0.15) is 13.8 Å². The van der Waals surface area contributed by atoms with Gasteiger partial charge in [-0.05, 0) is 39.2 Å². The average molecular weight is 589 g/mol. The summed E-state index contributed by atoms with van der Waals surface area (Å²) in [6.07, 6.45) is -3.70. The number of nitrogen functional groups attached to an aromatic ring is 1. The number of nitrogens with zero attached hydrogens (tertiary/aromatic N) is 4. The van der Waals surface area contributed by atoms with Gasteiger partial charge in [0.05, 0.1) is 6.54 Å². The molecule has 4 N–H and O–H groups in total. The van der Waals surface area contributed by atoms with Crippen LogP contribution in [0.5, 0.6) is 11.5 Å². The molecule has 0 radical (unpaired) electrons. The Bertz CT molecular complexity index is 1340. The first kappa shape index (κ1) is 30.8. The normalized spacial score (nSPS) is 23.1. The number of likely N-dealkylation sites (N-methyl/N-ethyl adjacent to an activating group) is 1. The second-order valence-corrected chi connectivity index (χ2v) is 9.66. The van der Waals surface area contributed by atoms with Crippen molar-refractivity contribution in [3.05, 3.63) is 47.0 Å². The van der Waals surface area contributed by atoms with Crippen LogP contribution in [0.3, 0.4) is 0 Å². The lowest BCUT2D eigenvalue weighted by Crippen LogP contribution is -2.58. The maximum absolute atomic E-state index is 15.7. The van der Waals surface area contributed by atoms with Crippen LogP contribution in [0.15, 0.2) is 46.1 Å². The van der Waals surface area contributed by atoms with Crippen LogP contribution < -0.4 is 25.6 Å². The summed E-state index contributed by atoms with van der Waals surface area (Å²) >= 11 is 0. The molecule has 2 aromatic rings. The van der Waals surface area contributed by atoms with Gasteiger partial charge < -0.3 is 35.1 Å². The Morgan fingerprint density at radius 1 is 1.32 bits per heavy atom. The Balaban J connectivity index is 1.92. The highest BCUT2D eigenvalue weighted by molar-refractivity contribution is 7.34. The molecule has 1 aliphatic rings. The lowest BCUT2D eigenvalue weighted by atomic mass is 10.0. The number of carboxylic acid groups (broad SMARTS) is 1. The van der Waals surface area contributed by atoms with Crippen LogP contribution in [0.2, 0.25) is 0 Å². The number of carbonyl (C=O) groups is 2. The first-order valence-corrected chi connectivity index (χ1v) is 12.6. The van der Waals surface area contributed by atoms with E-state index in [0.29, 0.717) is 4.57 Å². The number of aromatic nitrogens is 2. The van der Waals surface area contributed by atoms with Crippen LogP contribution in [0, 0.1) is 0 Å². The van der Waals surface area contributed by atoms with Gasteiger partial charge in [-0.3, -0.25) is 18.8 Å². The molecule has 0 bridgehead atoms. The lowest BCUT2D eigenvalue weighted by molar-refractivity contribution is -0.302. The van der Waals surface area contributed by atoms with Crippen LogP contribution >= 0.6 is 8.17 Å². The Morgan fingerprint density at radius 2 is 1.98 bits per heavy atom. The minimum atomic E-state index is -4.41. The highest BCUT2D eigenvalue weighted by Crippen LogP contribution is 2.50. The van der Waals surface area contributed by atoms with Crippen molar-refractivity contribution in [3.63, 3.8) is 0 Å². The molecule has 1 aromatic carbocycles. The number of para-hydroxylation sites is 2. The predicted octanol–water partition coefficient (Wildman–Crippen LogP) is -0.0617. The Labute approximate surface area is 226 Å². The number of aliphatic carboxylic acids is 1. The topological polar surface area (TPSA) is 211 Å². The van der Waals surface area contributed by atoms with Crippen molar-refractivity contribution in [2.45, 2.75) is 37.0 Å². The number of benzene rings is 1. The fraction of sp³-hybridized carbons (Fsp3) is 0.455. The molecule has 0 aliphatic carbocycles. The molecule has 1 aliphatic heterocycles. The summed E-state index contributed by atoms with van der Waals surface area (Å²) in [4.78, 5) is 52.4. The van der Waals surface area contributed by atoms with Crippen molar-refractivity contribution >= 4 is 25.9 Å². The largest absolute Gasteiger partial charge is 0.575 e. The first-order valence-electron chi connectivity index (χ1n) is 11.4. The van der Waals surface area contributed by atoms with Crippen LogP contribution in [0.4, 0.5) is 14.6 Å². The van der Waals surface area contributed by atoms with E-state index in [1.54, 1.807) is 0 Å². The van der Waals surface area contributed by atoms with E-state index in [1.807, 2.05) is 0 Å². The molecule has 5 atom stereocenters. The van der Waals surface area contributed by atoms with Crippen molar-refractivity contribution in [1.29, 1.82) is 0 Å². The third-order valence-corrected chi connectivity index (χ3v) is 6.26. The van der Waals surface area contributed by atoms with Crippen LogP contribution in [0.1, 0.15) is 13.2 Å². The van der Waals surface area contributed by atoms with Gasteiger partial charge >= 0.3 is 37.5 Å². The van der Waals surface area contributed by atoms with E-state index in [4.69, 9.17) is 29.6 Å². The molecule has 1 fully saturated rings. The first-order chi connectivity index (χ1) is 18.7. The van der Waals surface area contributed by atoms with Gasteiger partial charge in [-0.25, -0.2) is 9.59 Å². The number of halogens is 2. The number of alkyl halides is 2. The number of nitrogens with two attached hydrogens (primary N) is 1. The Hall–Kier alpha value is -3.76. The number of rotatable bonds is 11. The predicted molar refractivity (Wildman–Crippen MR) is 130 cm³/mol. The van der Waals surface area contributed by atoms with Crippen molar-refractivity contribution in [1.82, 2.24) is 14.5 Å². The molecular formula is C22H26F2N5O10P. The van der Waals surface area contributed by atoms with Crippen LogP contribution in [-0.4, -0.2) is 87.7 Å². The van der Waals surface area contributed by atoms with Gasteiger partial charge in [0.15, 0.2) is 17.9 Å². The van der Waals surface area contributed by atoms with E-state index in [9.17, 15) is 24.4 Å². The van der Waals surface area contributed by atoms with Crippen molar-refractivity contribution in [2.24, 2.45) is 4.74 Å². The minimum absolute atomic E-state index is 0.187. The third-order valence-electron chi connectivity index (χ3n) is 5.38. The summed E-state index contributed by atoms with van der Waals surface area (Å²) in [5.41, 5.74) is 4.20. The number of hydrogen-bond donors (Lipinski definition) is 3. The van der Waals surface area contributed by atoms with Crippen LogP contribution in [-0.2, 0) is 19.1 Å². The van der Waals surface area contributed by atoms with Gasteiger partial charge in [0.1, 0.15) is 12.4 Å². The summed E-state index contributed by atoms with van der Waals surface area (Å²) in [5.74, 6) is -11.3. The highest BCUT2D eigenvalue weighted by atomic mass is 31.1. The maximum Gasteiger partial charge on any atom is 0.395 e. The van der Waals surface area contributed by atoms with Crippen molar-refractivity contribution in [3.8, 4) is 11.5 Å². The fourth-order valence-corrected chi connectivity index (χ4v) is 4.18. The van der Waals surface area contributed by atoms with E-state index in [-0.39, 0.29) is 17.3 Å². The number of esters is 1. The zero-order valence-electron chi connectivity index (χ0n) is 21.3. The molecule has 1 aromatic heterocycles. The Morgan fingerprint density at radius 3 is 2.58 bits per heavy atom. The number of ether oxygens (including phenoxy) is 3. The van der Waals surface area contributed by atoms with Crippen molar-refractivity contribution in [2.75, 3.05) is 33.0 Å². The second-order valence-electron chi connectivity index (χ2n) is 8.77. The van der Waals surface area contributed by atoms with E-state index < -0.39 is 69.0 Å². The molecule has 0 saturated carbocycles. The SMILES string of the molecule is CC(N=[P+]([O-])Oc1ccccc1OC[C@H]1O[C@@H](n2ccc(N)nc2=O)C(F)(F)[C@@]1(O)OC(=O)CN(C)C)C(=O)O. The van der Waals surface area contributed by atoms with E-state index in [0.717, 1.165) is 12.3 Å². The molecule has 40 heavy (non-hydrogen) atoms. The van der Waals surface area contributed by atoms with E-state index >= 15 is 8.78 Å². The number of hydrogen-bond acceptors (Lipinski definition) is 13. The van der Waals surface area contributed by atoms with Crippen LogP contribution in [0.25, 0.3) is 0 Å². The van der Waals surface area contributed by atoms with Gasteiger partial charge in [0.25, 0.3) is 0 Å². The minimum Gasteiger partial charge on any atom is -0.575 e.